The van der Waals surface area contributed by atoms with Crippen molar-refractivity contribution < 1.29 is 9.53 Å². The highest BCUT2D eigenvalue weighted by molar-refractivity contribution is 7.80. The Balaban J connectivity index is 1.88. The molecule has 1 N–H and O–H groups in total. The Labute approximate surface area is 176 Å². The molecule has 0 aromatic heterocycles. The minimum absolute atomic E-state index is 0.0262. The molecule has 6 heteroatoms. The summed E-state index contributed by atoms with van der Waals surface area (Å²) in [7, 11) is 0. The zero-order chi connectivity index (χ0) is 20.3. The van der Waals surface area contributed by atoms with Crippen molar-refractivity contribution in [1.29, 1.82) is 0 Å². The van der Waals surface area contributed by atoms with Crippen LogP contribution >= 0.6 is 23.8 Å². The predicted octanol–water partition coefficient (Wildman–Crippen LogP) is 5.03. The molecule has 0 fully saturated rings. The summed E-state index contributed by atoms with van der Waals surface area (Å²) in [5, 5.41) is 4.61. The second-order valence-electron chi connectivity index (χ2n) is 6.63. The van der Waals surface area contributed by atoms with Gasteiger partial charge in [-0.15, -0.1) is 0 Å². The molecule has 146 valence electrons. The van der Waals surface area contributed by atoms with Crippen molar-refractivity contribution in [2.45, 2.75) is 33.4 Å². The summed E-state index contributed by atoms with van der Waals surface area (Å²) in [5.41, 5.74) is 3.47. The lowest BCUT2D eigenvalue weighted by Crippen LogP contribution is -2.47. The minimum Gasteiger partial charge on any atom is -0.489 e. The molecule has 0 saturated carbocycles. The maximum absolute atomic E-state index is 12.4. The molecule has 0 amide bonds. The standard InChI is InChI=1S/C22H23ClN2O2S/c1-4-25-14(2)20(15(3)26)21(24-22(25)28)16-9-7-10-18(12-16)27-13-17-8-5-6-11-19(17)23/h5-12,21H,4,13H2,1-3H3,(H,24,28). The van der Waals surface area contributed by atoms with Gasteiger partial charge in [-0.2, -0.15) is 0 Å². The van der Waals surface area contributed by atoms with E-state index in [2.05, 4.69) is 5.32 Å². The van der Waals surface area contributed by atoms with Crippen LogP contribution in [0.3, 0.4) is 0 Å². The number of nitrogens with one attached hydrogen (secondary N) is 1. The Hall–Kier alpha value is -2.37. The Morgan fingerprint density at radius 3 is 2.68 bits per heavy atom. The van der Waals surface area contributed by atoms with Crippen LogP contribution in [0.25, 0.3) is 0 Å². The summed E-state index contributed by atoms with van der Waals surface area (Å²) in [5.74, 6) is 0.738. The quantitative estimate of drug-likeness (QED) is 0.671. The van der Waals surface area contributed by atoms with Crippen molar-refractivity contribution in [3.63, 3.8) is 0 Å². The van der Waals surface area contributed by atoms with Crippen molar-refractivity contribution in [2.75, 3.05) is 6.54 Å². The maximum Gasteiger partial charge on any atom is 0.173 e. The summed E-state index contributed by atoms with van der Waals surface area (Å²) in [6.45, 7) is 6.63. The first-order chi connectivity index (χ1) is 13.4. The van der Waals surface area contributed by atoms with E-state index >= 15 is 0 Å². The monoisotopic (exact) mass is 414 g/mol. The molecule has 1 atom stereocenters. The fraction of sp³-hybridized carbons (Fsp3) is 0.273. The number of hydrogen-bond donors (Lipinski definition) is 1. The molecule has 1 aliphatic heterocycles. The number of nitrogens with zero attached hydrogens (tertiary/aromatic N) is 1. The van der Waals surface area contributed by atoms with Gasteiger partial charge >= 0.3 is 0 Å². The number of carbonyl (C=O) groups excluding carboxylic acids is 1. The van der Waals surface area contributed by atoms with Gasteiger partial charge in [0.15, 0.2) is 10.9 Å². The average Bonchev–Trinajstić information content (AvgIpc) is 2.67. The third-order valence-corrected chi connectivity index (χ3v) is 5.54. The second kappa shape index (κ2) is 8.76. The number of rotatable bonds is 6. The highest BCUT2D eigenvalue weighted by atomic mass is 35.5. The van der Waals surface area contributed by atoms with Gasteiger partial charge in [0.05, 0.1) is 6.04 Å². The van der Waals surface area contributed by atoms with E-state index in [1.165, 1.54) is 0 Å². The molecule has 28 heavy (non-hydrogen) atoms. The van der Waals surface area contributed by atoms with Crippen molar-refractivity contribution in [3.05, 3.63) is 76.0 Å². The first-order valence-corrected chi connectivity index (χ1v) is 9.97. The second-order valence-corrected chi connectivity index (χ2v) is 7.43. The van der Waals surface area contributed by atoms with Crippen LogP contribution in [-0.4, -0.2) is 22.3 Å². The fourth-order valence-corrected chi connectivity index (χ4v) is 4.00. The molecule has 0 radical (unpaired) electrons. The van der Waals surface area contributed by atoms with E-state index in [0.29, 0.717) is 29.0 Å². The lowest BCUT2D eigenvalue weighted by molar-refractivity contribution is -0.114. The summed E-state index contributed by atoms with van der Waals surface area (Å²) >= 11 is 11.7. The van der Waals surface area contributed by atoms with Crippen LogP contribution in [0.15, 0.2) is 59.8 Å². The number of ketones is 1. The minimum atomic E-state index is -0.295. The van der Waals surface area contributed by atoms with Gasteiger partial charge in [0.2, 0.25) is 0 Å². The van der Waals surface area contributed by atoms with Gasteiger partial charge in [-0.3, -0.25) is 4.79 Å². The number of halogens is 1. The van der Waals surface area contributed by atoms with E-state index < -0.39 is 0 Å². The molecule has 0 saturated heterocycles. The summed E-state index contributed by atoms with van der Waals surface area (Å²) < 4.78 is 5.94. The number of hydrogen-bond acceptors (Lipinski definition) is 3. The van der Waals surface area contributed by atoms with Crippen LogP contribution in [-0.2, 0) is 11.4 Å². The van der Waals surface area contributed by atoms with Crippen LogP contribution in [0.1, 0.15) is 37.9 Å². The van der Waals surface area contributed by atoms with Crippen LogP contribution in [0.5, 0.6) is 5.75 Å². The van der Waals surface area contributed by atoms with E-state index in [1.54, 1.807) is 6.92 Å². The van der Waals surface area contributed by atoms with E-state index in [-0.39, 0.29) is 11.8 Å². The number of ether oxygens (including phenoxy) is 1. The molecule has 4 nitrogen and oxygen atoms in total. The fourth-order valence-electron chi connectivity index (χ4n) is 3.43. The summed E-state index contributed by atoms with van der Waals surface area (Å²) in [6.07, 6.45) is 0. The van der Waals surface area contributed by atoms with Gasteiger partial charge < -0.3 is 15.0 Å². The van der Waals surface area contributed by atoms with E-state index in [0.717, 1.165) is 22.4 Å². The van der Waals surface area contributed by atoms with Gasteiger partial charge in [-0.1, -0.05) is 41.9 Å². The van der Waals surface area contributed by atoms with Gasteiger partial charge in [0.25, 0.3) is 0 Å². The first kappa shape index (κ1) is 20.4. The van der Waals surface area contributed by atoms with Crippen molar-refractivity contribution >= 4 is 34.7 Å². The summed E-state index contributed by atoms with van der Waals surface area (Å²) in [4.78, 5) is 14.3. The van der Waals surface area contributed by atoms with Crippen LogP contribution < -0.4 is 10.1 Å². The number of carbonyl (C=O) groups is 1. The van der Waals surface area contributed by atoms with E-state index in [4.69, 9.17) is 28.6 Å². The number of thiocarbonyl (C=S) groups is 1. The molecule has 2 aromatic carbocycles. The Bertz CT molecular complexity index is 942. The zero-order valence-corrected chi connectivity index (χ0v) is 17.7. The maximum atomic E-state index is 12.4. The lowest BCUT2D eigenvalue weighted by Gasteiger charge is -2.37. The normalized spacial score (nSPS) is 16.8. The smallest absolute Gasteiger partial charge is 0.173 e. The largest absolute Gasteiger partial charge is 0.489 e. The molecule has 1 heterocycles. The van der Waals surface area contributed by atoms with Crippen molar-refractivity contribution in [1.82, 2.24) is 10.2 Å². The van der Waals surface area contributed by atoms with Gasteiger partial charge in [-0.25, -0.2) is 0 Å². The van der Waals surface area contributed by atoms with E-state index in [9.17, 15) is 4.79 Å². The highest BCUT2D eigenvalue weighted by Gasteiger charge is 2.31. The molecule has 1 unspecified atom stereocenters. The third-order valence-electron chi connectivity index (χ3n) is 4.84. The number of allylic oxidation sites excluding steroid dienone is 1. The molecular formula is C22H23ClN2O2S. The predicted molar refractivity (Wildman–Crippen MR) is 116 cm³/mol. The van der Waals surface area contributed by atoms with Crippen molar-refractivity contribution in [3.8, 4) is 5.75 Å². The topological polar surface area (TPSA) is 41.6 Å². The summed E-state index contributed by atoms with van der Waals surface area (Å²) in [6, 6.07) is 15.0. The van der Waals surface area contributed by atoms with Crippen LogP contribution in [0.4, 0.5) is 0 Å². The Kier molecular flexibility index (Phi) is 6.37. The molecular weight excluding hydrogens is 392 g/mol. The third kappa shape index (κ3) is 4.21. The molecule has 1 aliphatic rings. The van der Waals surface area contributed by atoms with Gasteiger partial charge in [0, 0.05) is 28.4 Å². The van der Waals surface area contributed by atoms with Crippen LogP contribution in [0, 0.1) is 0 Å². The number of Topliss-reactive ketones (excluding diaryl/α,β-unsaturated/α-hetero) is 1. The molecule has 0 bridgehead atoms. The van der Waals surface area contributed by atoms with Gasteiger partial charge in [0.1, 0.15) is 12.4 Å². The molecule has 0 aliphatic carbocycles. The molecule has 3 rings (SSSR count). The molecule has 2 aromatic rings. The van der Waals surface area contributed by atoms with Gasteiger partial charge in [-0.05, 0) is 56.8 Å². The first-order valence-electron chi connectivity index (χ1n) is 9.18. The van der Waals surface area contributed by atoms with E-state index in [1.807, 2.05) is 67.3 Å². The molecule has 0 spiro atoms. The number of benzene rings is 2. The Morgan fingerprint density at radius 1 is 1.25 bits per heavy atom. The Morgan fingerprint density at radius 2 is 2.00 bits per heavy atom. The zero-order valence-electron chi connectivity index (χ0n) is 16.2. The SMILES string of the molecule is CCN1C(=S)NC(c2cccc(OCc3ccccc3Cl)c2)C(C(C)=O)=C1C. The average molecular weight is 415 g/mol. The highest BCUT2D eigenvalue weighted by Crippen LogP contribution is 2.32. The van der Waals surface area contributed by atoms with Crippen LogP contribution in [0.2, 0.25) is 5.02 Å². The lowest BCUT2D eigenvalue weighted by atomic mass is 9.92. The van der Waals surface area contributed by atoms with Crippen molar-refractivity contribution in [2.24, 2.45) is 0 Å².